The normalized spacial score (nSPS) is 18.6. The van der Waals surface area contributed by atoms with Crippen molar-refractivity contribution in [3.8, 4) is 0 Å². The van der Waals surface area contributed by atoms with Gasteiger partial charge in [-0.2, -0.15) is 0 Å². The maximum Gasteiger partial charge on any atom is 0.251 e. The van der Waals surface area contributed by atoms with E-state index in [2.05, 4.69) is 5.32 Å². The predicted molar refractivity (Wildman–Crippen MR) is 73.6 cm³/mol. The lowest BCUT2D eigenvalue weighted by atomic mass is 10.1. The van der Waals surface area contributed by atoms with Crippen LogP contribution in [-0.2, 0) is 9.47 Å². The molecule has 2 rings (SSSR count). The maximum absolute atomic E-state index is 13.8. The van der Waals surface area contributed by atoms with E-state index in [0.717, 1.165) is 0 Å². The summed E-state index contributed by atoms with van der Waals surface area (Å²) in [5.41, 5.74) is 0.746. The lowest BCUT2D eigenvalue weighted by Crippen LogP contribution is -2.39. The minimum atomic E-state index is -0.417. The molecule has 6 heteroatoms. The molecule has 1 saturated heterocycles. The Labute approximate surface area is 117 Å². The van der Waals surface area contributed by atoms with Gasteiger partial charge in [0.05, 0.1) is 31.6 Å². The van der Waals surface area contributed by atoms with Gasteiger partial charge in [-0.15, -0.1) is 0 Å². The highest BCUT2D eigenvalue weighted by Crippen LogP contribution is 2.18. The summed E-state index contributed by atoms with van der Waals surface area (Å²) >= 11 is 0. The van der Waals surface area contributed by atoms with Crippen molar-refractivity contribution in [1.82, 2.24) is 5.32 Å². The largest absolute Gasteiger partial charge is 0.376 e. The SMILES string of the molecule is CN(C)c1ccc(C(=O)NCC2COCCO2)cc1F. The second-order valence-electron chi connectivity index (χ2n) is 4.84. The fraction of sp³-hybridized carbons (Fsp3) is 0.500. The Balaban J connectivity index is 1.93. The molecule has 1 N–H and O–H groups in total. The van der Waals surface area contributed by atoms with Gasteiger partial charge in [0.1, 0.15) is 5.82 Å². The van der Waals surface area contributed by atoms with E-state index in [9.17, 15) is 9.18 Å². The van der Waals surface area contributed by atoms with E-state index >= 15 is 0 Å². The van der Waals surface area contributed by atoms with E-state index in [0.29, 0.717) is 37.6 Å². The average Bonchev–Trinajstić information content (AvgIpc) is 2.45. The highest BCUT2D eigenvalue weighted by Gasteiger charge is 2.16. The summed E-state index contributed by atoms with van der Waals surface area (Å²) in [6, 6.07) is 4.43. The summed E-state index contributed by atoms with van der Waals surface area (Å²) in [5, 5.41) is 2.72. The zero-order valence-corrected chi connectivity index (χ0v) is 11.7. The lowest BCUT2D eigenvalue weighted by Gasteiger charge is -2.23. The number of nitrogens with one attached hydrogen (secondary N) is 1. The zero-order valence-electron chi connectivity index (χ0n) is 11.7. The molecule has 0 bridgehead atoms. The summed E-state index contributed by atoms with van der Waals surface area (Å²) in [4.78, 5) is 13.6. The smallest absolute Gasteiger partial charge is 0.251 e. The third-order valence-corrected chi connectivity index (χ3v) is 3.07. The number of ether oxygens (including phenoxy) is 2. The van der Waals surface area contributed by atoms with Crippen LogP contribution in [0.15, 0.2) is 18.2 Å². The number of amides is 1. The number of halogens is 1. The number of carbonyl (C=O) groups excluding carboxylic acids is 1. The van der Waals surface area contributed by atoms with Gasteiger partial charge < -0.3 is 19.7 Å². The number of carbonyl (C=O) groups is 1. The van der Waals surface area contributed by atoms with Crippen molar-refractivity contribution in [2.75, 3.05) is 45.4 Å². The molecule has 110 valence electrons. The van der Waals surface area contributed by atoms with Crippen molar-refractivity contribution in [3.05, 3.63) is 29.6 Å². The van der Waals surface area contributed by atoms with Crippen molar-refractivity contribution in [1.29, 1.82) is 0 Å². The molecule has 1 fully saturated rings. The van der Waals surface area contributed by atoms with Crippen LogP contribution in [0.1, 0.15) is 10.4 Å². The molecule has 1 aromatic carbocycles. The molecule has 0 aliphatic carbocycles. The summed E-state index contributed by atoms with van der Waals surface area (Å²) < 4.78 is 24.4. The lowest BCUT2D eigenvalue weighted by molar-refractivity contribution is -0.0855. The molecule has 0 radical (unpaired) electrons. The fourth-order valence-corrected chi connectivity index (χ4v) is 1.97. The Morgan fingerprint density at radius 2 is 2.25 bits per heavy atom. The van der Waals surface area contributed by atoms with Crippen LogP contribution in [0.3, 0.4) is 0 Å². The standard InChI is InChI=1S/C14H19FN2O3/c1-17(2)13-4-3-10(7-12(13)15)14(18)16-8-11-9-19-5-6-20-11/h3-4,7,11H,5-6,8-9H2,1-2H3,(H,16,18). The van der Waals surface area contributed by atoms with Gasteiger partial charge in [0.15, 0.2) is 0 Å². The van der Waals surface area contributed by atoms with Gasteiger partial charge in [-0.25, -0.2) is 4.39 Å². The van der Waals surface area contributed by atoms with Gasteiger partial charge in [0.2, 0.25) is 0 Å². The van der Waals surface area contributed by atoms with Crippen LogP contribution in [0, 0.1) is 5.82 Å². The number of benzene rings is 1. The topological polar surface area (TPSA) is 50.8 Å². The molecule has 0 saturated carbocycles. The van der Waals surface area contributed by atoms with E-state index in [4.69, 9.17) is 9.47 Å². The minimum absolute atomic E-state index is 0.140. The van der Waals surface area contributed by atoms with Crippen LogP contribution < -0.4 is 10.2 Å². The average molecular weight is 282 g/mol. The number of anilines is 1. The second-order valence-corrected chi connectivity index (χ2v) is 4.84. The molecule has 1 aliphatic heterocycles. The van der Waals surface area contributed by atoms with Crippen LogP contribution in [0.25, 0.3) is 0 Å². The van der Waals surface area contributed by atoms with E-state index < -0.39 is 5.82 Å². The van der Waals surface area contributed by atoms with Crippen LogP contribution in [0.4, 0.5) is 10.1 Å². The third kappa shape index (κ3) is 3.68. The van der Waals surface area contributed by atoms with Crippen molar-refractivity contribution in [3.63, 3.8) is 0 Å². The summed E-state index contributed by atoms with van der Waals surface area (Å²) in [6.45, 7) is 1.94. The Kier molecular flexibility index (Phi) is 4.92. The number of hydrogen-bond donors (Lipinski definition) is 1. The van der Waals surface area contributed by atoms with Gasteiger partial charge in [-0.05, 0) is 18.2 Å². The molecule has 0 spiro atoms. The molecule has 1 atom stereocenters. The molecule has 0 aromatic heterocycles. The first-order chi connectivity index (χ1) is 9.58. The summed E-state index contributed by atoms with van der Waals surface area (Å²) in [6.07, 6.45) is -0.140. The van der Waals surface area contributed by atoms with Crippen LogP contribution in [0.5, 0.6) is 0 Å². The van der Waals surface area contributed by atoms with E-state index in [-0.39, 0.29) is 12.0 Å². The molecular weight excluding hydrogens is 263 g/mol. The van der Waals surface area contributed by atoms with Gasteiger partial charge in [-0.3, -0.25) is 4.79 Å². The fourth-order valence-electron chi connectivity index (χ4n) is 1.97. The van der Waals surface area contributed by atoms with Crippen LogP contribution in [0.2, 0.25) is 0 Å². The molecule has 1 heterocycles. The Morgan fingerprint density at radius 3 is 2.85 bits per heavy atom. The van der Waals surface area contributed by atoms with Crippen molar-refractivity contribution in [2.24, 2.45) is 0 Å². The Bertz CT molecular complexity index is 473. The predicted octanol–water partition coefficient (Wildman–Crippen LogP) is 1.04. The first-order valence-corrected chi connectivity index (χ1v) is 6.52. The molecule has 20 heavy (non-hydrogen) atoms. The quantitative estimate of drug-likeness (QED) is 0.896. The molecule has 5 nitrogen and oxygen atoms in total. The molecule has 1 aliphatic rings. The first kappa shape index (κ1) is 14.7. The Hall–Kier alpha value is -1.66. The molecule has 1 amide bonds. The Morgan fingerprint density at radius 1 is 1.45 bits per heavy atom. The van der Waals surface area contributed by atoms with E-state index in [1.165, 1.54) is 6.07 Å². The van der Waals surface area contributed by atoms with E-state index in [1.807, 2.05) is 0 Å². The number of hydrogen-bond acceptors (Lipinski definition) is 4. The highest BCUT2D eigenvalue weighted by molar-refractivity contribution is 5.94. The van der Waals surface area contributed by atoms with E-state index in [1.54, 1.807) is 31.1 Å². The van der Waals surface area contributed by atoms with Gasteiger partial charge in [0.25, 0.3) is 5.91 Å². The van der Waals surface area contributed by atoms with Gasteiger partial charge in [0, 0.05) is 26.2 Å². The van der Waals surface area contributed by atoms with Crippen molar-refractivity contribution >= 4 is 11.6 Å². The third-order valence-electron chi connectivity index (χ3n) is 3.07. The van der Waals surface area contributed by atoms with Crippen LogP contribution >= 0.6 is 0 Å². The van der Waals surface area contributed by atoms with Crippen molar-refractivity contribution in [2.45, 2.75) is 6.10 Å². The van der Waals surface area contributed by atoms with Gasteiger partial charge >= 0.3 is 0 Å². The molecular formula is C14H19FN2O3. The molecule has 1 unspecified atom stereocenters. The number of nitrogens with zero attached hydrogens (tertiary/aromatic N) is 1. The summed E-state index contributed by atoms with van der Waals surface area (Å²) in [5.74, 6) is -0.733. The monoisotopic (exact) mass is 282 g/mol. The first-order valence-electron chi connectivity index (χ1n) is 6.52. The maximum atomic E-state index is 13.8. The van der Waals surface area contributed by atoms with Crippen LogP contribution in [-0.4, -0.2) is 52.5 Å². The summed E-state index contributed by atoms with van der Waals surface area (Å²) in [7, 11) is 3.50. The second kappa shape index (κ2) is 6.67. The minimum Gasteiger partial charge on any atom is -0.376 e. The molecule has 1 aromatic rings. The van der Waals surface area contributed by atoms with Gasteiger partial charge in [-0.1, -0.05) is 0 Å². The zero-order chi connectivity index (χ0) is 14.5. The number of rotatable bonds is 4. The van der Waals surface area contributed by atoms with Crippen molar-refractivity contribution < 1.29 is 18.7 Å². The highest BCUT2D eigenvalue weighted by atomic mass is 19.1.